The lowest BCUT2D eigenvalue weighted by molar-refractivity contribution is -0.170. The molecule has 0 aromatic heterocycles. The summed E-state index contributed by atoms with van der Waals surface area (Å²) >= 11 is 0. The predicted molar refractivity (Wildman–Crippen MR) is 56.1 cm³/mol. The minimum absolute atomic E-state index is 0.0949. The van der Waals surface area contributed by atoms with Crippen LogP contribution in [0.4, 0.5) is 0 Å². The molecule has 0 fully saturated rings. The SMILES string of the molecule is CCC(C)OC(C)C(=O)OC(C)(C)C. The molecule has 0 aliphatic carbocycles. The van der Waals surface area contributed by atoms with Gasteiger partial charge in [0.05, 0.1) is 6.10 Å². The molecule has 0 aliphatic rings. The molecular weight excluding hydrogens is 180 g/mol. The van der Waals surface area contributed by atoms with Crippen LogP contribution >= 0.6 is 0 Å². The van der Waals surface area contributed by atoms with Gasteiger partial charge in [0.2, 0.25) is 0 Å². The molecule has 0 radical (unpaired) electrons. The highest BCUT2D eigenvalue weighted by Gasteiger charge is 2.23. The van der Waals surface area contributed by atoms with E-state index < -0.39 is 11.7 Å². The molecule has 0 saturated carbocycles. The lowest BCUT2D eigenvalue weighted by Crippen LogP contribution is -2.33. The van der Waals surface area contributed by atoms with Gasteiger partial charge in [-0.15, -0.1) is 0 Å². The number of hydrogen-bond acceptors (Lipinski definition) is 3. The molecule has 3 nitrogen and oxygen atoms in total. The molecular formula is C11H22O3. The van der Waals surface area contributed by atoms with E-state index in [2.05, 4.69) is 0 Å². The molecule has 84 valence electrons. The zero-order chi connectivity index (χ0) is 11.4. The van der Waals surface area contributed by atoms with E-state index in [-0.39, 0.29) is 12.1 Å². The van der Waals surface area contributed by atoms with E-state index in [1.54, 1.807) is 6.92 Å². The third-order valence-electron chi connectivity index (χ3n) is 1.75. The fourth-order valence-corrected chi connectivity index (χ4v) is 0.885. The van der Waals surface area contributed by atoms with Crippen LogP contribution in [0, 0.1) is 0 Å². The van der Waals surface area contributed by atoms with Crippen molar-refractivity contribution in [3.63, 3.8) is 0 Å². The highest BCUT2D eigenvalue weighted by Crippen LogP contribution is 2.11. The lowest BCUT2D eigenvalue weighted by Gasteiger charge is -2.23. The summed E-state index contributed by atoms with van der Waals surface area (Å²) in [5.41, 5.74) is -0.440. The van der Waals surface area contributed by atoms with Gasteiger partial charge in [-0.05, 0) is 41.0 Å². The Morgan fingerprint density at radius 3 is 2.14 bits per heavy atom. The largest absolute Gasteiger partial charge is 0.458 e. The van der Waals surface area contributed by atoms with Gasteiger partial charge < -0.3 is 9.47 Å². The molecule has 2 unspecified atom stereocenters. The van der Waals surface area contributed by atoms with Gasteiger partial charge in [0.1, 0.15) is 5.60 Å². The lowest BCUT2D eigenvalue weighted by atomic mass is 10.2. The Bertz CT molecular complexity index is 181. The monoisotopic (exact) mass is 202 g/mol. The van der Waals surface area contributed by atoms with E-state index in [4.69, 9.17) is 9.47 Å². The predicted octanol–water partition coefficient (Wildman–Crippen LogP) is 2.53. The molecule has 0 spiro atoms. The topological polar surface area (TPSA) is 35.5 Å². The number of hydrogen-bond donors (Lipinski definition) is 0. The van der Waals surface area contributed by atoms with E-state index in [1.165, 1.54) is 0 Å². The molecule has 0 N–H and O–H groups in total. The second-order valence-corrected chi connectivity index (χ2v) is 4.53. The maximum Gasteiger partial charge on any atom is 0.335 e. The fourth-order valence-electron chi connectivity index (χ4n) is 0.885. The van der Waals surface area contributed by atoms with E-state index in [0.29, 0.717) is 0 Å². The zero-order valence-corrected chi connectivity index (χ0v) is 10.1. The first-order valence-corrected chi connectivity index (χ1v) is 5.14. The van der Waals surface area contributed by atoms with Crippen LogP contribution < -0.4 is 0 Å². The summed E-state index contributed by atoms with van der Waals surface area (Å²) in [6, 6.07) is 0. The molecule has 0 aliphatic heterocycles. The van der Waals surface area contributed by atoms with Crippen LogP contribution in [0.2, 0.25) is 0 Å². The van der Waals surface area contributed by atoms with E-state index in [1.807, 2.05) is 34.6 Å². The number of carbonyl (C=O) groups is 1. The van der Waals surface area contributed by atoms with Crippen LogP contribution in [0.1, 0.15) is 48.0 Å². The van der Waals surface area contributed by atoms with Gasteiger partial charge in [0.15, 0.2) is 6.10 Å². The van der Waals surface area contributed by atoms with Crippen LogP contribution in [0.5, 0.6) is 0 Å². The summed E-state index contributed by atoms with van der Waals surface area (Å²) in [4.78, 5) is 11.5. The second-order valence-electron chi connectivity index (χ2n) is 4.53. The maximum absolute atomic E-state index is 11.5. The number of esters is 1. The average molecular weight is 202 g/mol. The molecule has 0 saturated heterocycles. The highest BCUT2D eigenvalue weighted by molar-refractivity contribution is 5.74. The number of rotatable bonds is 4. The molecule has 0 aromatic rings. The molecule has 2 atom stereocenters. The molecule has 14 heavy (non-hydrogen) atoms. The van der Waals surface area contributed by atoms with Crippen molar-refractivity contribution < 1.29 is 14.3 Å². The zero-order valence-electron chi connectivity index (χ0n) is 10.1. The molecule has 3 heteroatoms. The smallest absolute Gasteiger partial charge is 0.335 e. The Kier molecular flexibility index (Phi) is 5.13. The van der Waals surface area contributed by atoms with E-state index >= 15 is 0 Å². The van der Waals surface area contributed by atoms with Gasteiger partial charge in [0.25, 0.3) is 0 Å². The fraction of sp³-hybridized carbons (Fsp3) is 0.909. The van der Waals surface area contributed by atoms with Crippen LogP contribution in [0.25, 0.3) is 0 Å². The molecule has 0 aromatic carbocycles. The normalized spacial score (nSPS) is 16.1. The minimum atomic E-state index is -0.482. The standard InChI is InChI=1S/C11H22O3/c1-7-8(2)13-9(3)10(12)14-11(4,5)6/h8-9H,7H2,1-6H3. The van der Waals surface area contributed by atoms with Crippen molar-refractivity contribution in [2.75, 3.05) is 0 Å². The number of carbonyl (C=O) groups excluding carboxylic acids is 1. The summed E-state index contributed by atoms with van der Waals surface area (Å²) in [7, 11) is 0. The third-order valence-corrected chi connectivity index (χ3v) is 1.75. The van der Waals surface area contributed by atoms with Crippen molar-refractivity contribution >= 4 is 5.97 Å². The van der Waals surface area contributed by atoms with Gasteiger partial charge in [-0.3, -0.25) is 0 Å². The quantitative estimate of drug-likeness (QED) is 0.657. The summed E-state index contributed by atoms with van der Waals surface area (Å²) in [5.74, 6) is -0.294. The van der Waals surface area contributed by atoms with Crippen molar-refractivity contribution in [2.24, 2.45) is 0 Å². The van der Waals surface area contributed by atoms with Crippen LogP contribution in [0.15, 0.2) is 0 Å². The van der Waals surface area contributed by atoms with Crippen LogP contribution in [0.3, 0.4) is 0 Å². The Hall–Kier alpha value is -0.570. The Labute approximate surface area is 86.8 Å². The van der Waals surface area contributed by atoms with Gasteiger partial charge >= 0.3 is 5.97 Å². The average Bonchev–Trinajstić information content (AvgIpc) is 2.00. The Morgan fingerprint density at radius 1 is 1.29 bits per heavy atom. The molecule has 0 amide bonds. The van der Waals surface area contributed by atoms with Crippen molar-refractivity contribution in [1.29, 1.82) is 0 Å². The minimum Gasteiger partial charge on any atom is -0.458 e. The third kappa shape index (κ3) is 5.97. The van der Waals surface area contributed by atoms with Crippen LogP contribution in [-0.2, 0) is 14.3 Å². The first kappa shape index (κ1) is 13.4. The van der Waals surface area contributed by atoms with Gasteiger partial charge in [-0.25, -0.2) is 4.79 Å². The van der Waals surface area contributed by atoms with E-state index in [9.17, 15) is 4.79 Å². The first-order valence-electron chi connectivity index (χ1n) is 5.14. The highest BCUT2D eigenvalue weighted by atomic mass is 16.6. The first-order chi connectivity index (χ1) is 6.26. The number of ether oxygens (including phenoxy) is 2. The Morgan fingerprint density at radius 2 is 1.79 bits per heavy atom. The molecule has 0 bridgehead atoms. The van der Waals surface area contributed by atoms with Gasteiger partial charge in [-0.1, -0.05) is 6.92 Å². The summed E-state index contributed by atoms with van der Waals surface area (Å²) in [6.45, 7) is 11.2. The van der Waals surface area contributed by atoms with Crippen molar-refractivity contribution in [2.45, 2.75) is 65.8 Å². The Balaban J connectivity index is 4.00. The van der Waals surface area contributed by atoms with Gasteiger partial charge in [0, 0.05) is 0 Å². The maximum atomic E-state index is 11.5. The van der Waals surface area contributed by atoms with Crippen molar-refractivity contribution in [1.82, 2.24) is 0 Å². The molecule has 0 rings (SSSR count). The van der Waals surface area contributed by atoms with Crippen molar-refractivity contribution in [3.8, 4) is 0 Å². The summed E-state index contributed by atoms with van der Waals surface area (Å²) < 4.78 is 10.6. The second kappa shape index (κ2) is 5.35. The van der Waals surface area contributed by atoms with Crippen LogP contribution in [-0.4, -0.2) is 23.8 Å². The molecule has 0 heterocycles. The van der Waals surface area contributed by atoms with E-state index in [0.717, 1.165) is 6.42 Å². The van der Waals surface area contributed by atoms with Gasteiger partial charge in [-0.2, -0.15) is 0 Å². The summed E-state index contributed by atoms with van der Waals surface area (Å²) in [6.07, 6.45) is 0.509. The summed E-state index contributed by atoms with van der Waals surface area (Å²) in [5, 5.41) is 0. The van der Waals surface area contributed by atoms with Crippen molar-refractivity contribution in [3.05, 3.63) is 0 Å².